The summed E-state index contributed by atoms with van der Waals surface area (Å²) in [6, 6.07) is 0. The van der Waals surface area contributed by atoms with Gasteiger partial charge in [0, 0.05) is 24.8 Å². The van der Waals surface area contributed by atoms with Crippen molar-refractivity contribution in [3.8, 4) is 0 Å². The first-order valence-electron chi connectivity index (χ1n) is 9.87. The summed E-state index contributed by atoms with van der Waals surface area (Å²) in [5.41, 5.74) is 1.04. The third-order valence-electron chi connectivity index (χ3n) is 7.42. The second kappa shape index (κ2) is 7.78. The number of aliphatic hydroxyl groups is 1. The van der Waals surface area contributed by atoms with Crippen LogP contribution in [0.1, 0.15) is 66.7 Å². The summed E-state index contributed by atoms with van der Waals surface area (Å²) in [4.78, 5) is 23.0. The Kier molecular flexibility index (Phi) is 6.25. The number of carbonyl (C=O) groups excluding carboxylic acids is 1. The van der Waals surface area contributed by atoms with Crippen molar-refractivity contribution in [2.45, 2.75) is 78.9 Å². The fraction of sp³-hybridized carbons (Fsp3) is 0.727. The van der Waals surface area contributed by atoms with Crippen LogP contribution < -0.4 is 0 Å². The number of carbonyl (C=O) groups is 2. The van der Waals surface area contributed by atoms with Crippen molar-refractivity contribution >= 4 is 11.9 Å². The molecule has 5 heteroatoms. The van der Waals surface area contributed by atoms with Crippen LogP contribution in [0.3, 0.4) is 0 Å². The Hall–Kier alpha value is -1.62. The van der Waals surface area contributed by atoms with Crippen LogP contribution >= 0.6 is 0 Å². The number of fused-ring (bicyclic) bond motifs is 1. The highest BCUT2D eigenvalue weighted by molar-refractivity contribution is 5.80. The van der Waals surface area contributed by atoms with E-state index in [9.17, 15) is 14.7 Å². The Bertz CT molecular complexity index is 651. The molecule has 0 aromatic carbocycles. The van der Waals surface area contributed by atoms with Gasteiger partial charge in [-0.15, -0.1) is 0 Å². The number of ether oxygens (including phenoxy) is 1. The molecular weight excluding hydrogens is 344 g/mol. The predicted molar refractivity (Wildman–Crippen MR) is 104 cm³/mol. The summed E-state index contributed by atoms with van der Waals surface area (Å²) >= 11 is 0. The van der Waals surface area contributed by atoms with Gasteiger partial charge in [0.15, 0.2) is 0 Å². The van der Waals surface area contributed by atoms with Crippen LogP contribution in [0.25, 0.3) is 0 Å². The fourth-order valence-corrected chi connectivity index (χ4v) is 5.62. The first kappa shape index (κ1) is 21.7. The molecule has 6 unspecified atom stereocenters. The number of esters is 1. The number of hydrogen-bond donors (Lipinski definition) is 2. The standard InChI is InChI=1S/C22H34O5/c1-13(12-20(25)26)11-19(27-16(4)23)22(6)14(2)9-10-21(5)15(3)17(24)7-8-18(21)22/h12,14,17-19,24H,3,7-11H2,1-2,4-6H3,(H,25,26). The van der Waals surface area contributed by atoms with E-state index in [4.69, 9.17) is 9.84 Å². The minimum Gasteiger partial charge on any atom is -0.478 e. The van der Waals surface area contributed by atoms with E-state index in [-0.39, 0.29) is 22.7 Å². The summed E-state index contributed by atoms with van der Waals surface area (Å²) < 4.78 is 5.81. The number of hydrogen-bond acceptors (Lipinski definition) is 4. The van der Waals surface area contributed by atoms with Gasteiger partial charge in [0.25, 0.3) is 0 Å². The molecular formula is C22H34O5. The highest BCUT2D eigenvalue weighted by Crippen LogP contribution is 2.63. The molecule has 0 radical (unpaired) electrons. The van der Waals surface area contributed by atoms with Gasteiger partial charge in [0.1, 0.15) is 6.10 Å². The lowest BCUT2D eigenvalue weighted by Gasteiger charge is -2.61. The fourth-order valence-electron chi connectivity index (χ4n) is 5.62. The largest absolute Gasteiger partial charge is 0.478 e. The summed E-state index contributed by atoms with van der Waals surface area (Å²) in [6.07, 6.45) is 4.12. The van der Waals surface area contributed by atoms with E-state index in [1.54, 1.807) is 6.92 Å². The zero-order valence-corrected chi connectivity index (χ0v) is 17.2. The predicted octanol–water partition coefficient (Wildman–Crippen LogP) is 4.11. The third-order valence-corrected chi connectivity index (χ3v) is 7.42. The molecule has 2 fully saturated rings. The molecule has 0 heterocycles. The van der Waals surface area contributed by atoms with Gasteiger partial charge in [0.2, 0.25) is 0 Å². The van der Waals surface area contributed by atoms with Crippen LogP contribution in [0.5, 0.6) is 0 Å². The molecule has 2 aliphatic rings. The van der Waals surface area contributed by atoms with Gasteiger partial charge in [-0.3, -0.25) is 4.79 Å². The van der Waals surface area contributed by atoms with Gasteiger partial charge in [-0.1, -0.05) is 32.9 Å². The van der Waals surface area contributed by atoms with Crippen molar-refractivity contribution in [1.82, 2.24) is 0 Å². The van der Waals surface area contributed by atoms with E-state index >= 15 is 0 Å². The first-order valence-corrected chi connectivity index (χ1v) is 9.87. The van der Waals surface area contributed by atoms with E-state index < -0.39 is 18.2 Å². The average Bonchev–Trinajstić information content (AvgIpc) is 2.54. The van der Waals surface area contributed by atoms with Gasteiger partial charge in [-0.05, 0) is 55.4 Å². The molecule has 2 saturated carbocycles. The molecule has 0 aromatic rings. The van der Waals surface area contributed by atoms with Crippen LogP contribution in [0, 0.1) is 22.7 Å². The van der Waals surface area contributed by atoms with Crippen molar-refractivity contribution < 1.29 is 24.5 Å². The van der Waals surface area contributed by atoms with Gasteiger partial charge < -0.3 is 14.9 Å². The lowest BCUT2D eigenvalue weighted by Crippen LogP contribution is -2.58. The van der Waals surface area contributed by atoms with Crippen LogP contribution in [-0.4, -0.2) is 34.4 Å². The number of aliphatic carboxylic acids is 1. The molecule has 0 bridgehead atoms. The van der Waals surface area contributed by atoms with Gasteiger partial charge in [-0.25, -0.2) is 4.79 Å². The van der Waals surface area contributed by atoms with Crippen LogP contribution in [0.4, 0.5) is 0 Å². The zero-order valence-electron chi connectivity index (χ0n) is 17.2. The second-order valence-corrected chi connectivity index (χ2v) is 9.03. The van der Waals surface area contributed by atoms with Crippen LogP contribution in [-0.2, 0) is 14.3 Å². The van der Waals surface area contributed by atoms with Crippen LogP contribution in [0.15, 0.2) is 23.8 Å². The summed E-state index contributed by atoms with van der Waals surface area (Å²) in [5.74, 6) is -0.819. The Morgan fingerprint density at radius 3 is 2.48 bits per heavy atom. The Labute approximate surface area is 162 Å². The summed E-state index contributed by atoms with van der Waals surface area (Å²) in [6.45, 7) is 13.9. The summed E-state index contributed by atoms with van der Waals surface area (Å²) in [5, 5.41) is 19.5. The molecule has 0 saturated heterocycles. The van der Waals surface area contributed by atoms with Crippen molar-refractivity contribution in [2.75, 3.05) is 0 Å². The first-order chi connectivity index (χ1) is 12.4. The maximum atomic E-state index is 11.9. The molecule has 0 amide bonds. The highest BCUT2D eigenvalue weighted by atomic mass is 16.5. The van der Waals surface area contributed by atoms with Crippen LogP contribution in [0.2, 0.25) is 0 Å². The molecule has 0 aliphatic heterocycles. The van der Waals surface area contributed by atoms with Crippen molar-refractivity contribution in [3.63, 3.8) is 0 Å². The molecule has 2 N–H and O–H groups in total. The zero-order chi connectivity index (χ0) is 20.6. The van der Waals surface area contributed by atoms with Crippen molar-refractivity contribution in [2.24, 2.45) is 22.7 Å². The molecule has 0 aromatic heterocycles. The van der Waals surface area contributed by atoms with E-state index in [1.807, 2.05) is 0 Å². The number of aliphatic hydroxyl groups excluding tert-OH is 1. The van der Waals surface area contributed by atoms with Gasteiger partial charge in [-0.2, -0.15) is 0 Å². The molecule has 2 rings (SSSR count). The normalized spacial score (nSPS) is 38.1. The third kappa shape index (κ3) is 3.98. The van der Waals surface area contributed by atoms with E-state index in [2.05, 4.69) is 27.4 Å². The maximum absolute atomic E-state index is 11.9. The van der Waals surface area contributed by atoms with Crippen molar-refractivity contribution in [3.05, 3.63) is 23.8 Å². The molecule has 6 atom stereocenters. The number of carboxylic acid groups (broad SMARTS) is 1. The molecule has 152 valence electrons. The molecule has 27 heavy (non-hydrogen) atoms. The van der Waals surface area contributed by atoms with Gasteiger partial charge >= 0.3 is 11.9 Å². The number of carboxylic acids is 1. The SMILES string of the molecule is C=C1C(O)CCC2C1(C)CCC(C)C2(C)C(CC(C)=CC(=O)O)OC(C)=O. The Morgan fingerprint density at radius 2 is 1.93 bits per heavy atom. The van der Waals surface area contributed by atoms with E-state index in [1.165, 1.54) is 13.0 Å². The smallest absolute Gasteiger partial charge is 0.328 e. The second-order valence-electron chi connectivity index (χ2n) is 9.03. The van der Waals surface area contributed by atoms with Gasteiger partial charge in [0.05, 0.1) is 6.10 Å². The lowest BCUT2D eigenvalue weighted by molar-refractivity contribution is -0.175. The Morgan fingerprint density at radius 1 is 1.30 bits per heavy atom. The molecule has 0 spiro atoms. The number of rotatable bonds is 5. The lowest BCUT2D eigenvalue weighted by atomic mass is 9.45. The van der Waals surface area contributed by atoms with Crippen molar-refractivity contribution in [1.29, 1.82) is 0 Å². The summed E-state index contributed by atoms with van der Waals surface area (Å²) in [7, 11) is 0. The average molecular weight is 379 g/mol. The quantitative estimate of drug-likeness (QED) is 0.427. The minimum atomic E-state index is -0.991. The minimum absolute atomic E-state index is 0.207. The molecule has 2 aliphatic carbocycles. The monoisotopic (exact) mass is 378 g/mol. The molecule has 5 nitrogen and oxygen atoms in total. The van der Waals surface area contributed by atoms with E-state index in [0.29, 0.717) is 24.3 Å². The highest BCUT2D eigenvalue weighted by Gasteiger charge is 2.59. The Balaban J connectivity index is 2.47. The maximum Gasteiger partial charge on any atom is 0.328 e. The van der Waals surface area contributed by atoms with E-state index in [0.717, 1.165) is 24.8 Å². The topological polar surface area (TPSA) is 83.8 Å².